The lowest BCUT2D eigenvalue weighted by Crippen LogP contribution is -2.55. The molecule has 0 bridgehead atoms. The second-order valence-electron chi connectivity index (χ2n) is 11.5. The van der Waals surface area contributed by atoms with E-state index in [0.717, 1.165) is 29.7 Å². The molecule has 1 heterocycles. The molecule has 1 amide bonds. The molecular weight excluding hydrogens is 480 g/mol. The fraction of sp³-hybridized carbons (Fsp3) is 0.548. The molecule has 208 valence electrons. The van der Waals surface area contributed by atoms with E-state index in [2.05, 4.69) is 24.5 Å². The Labute approximate surface area is 227 Å². The van der Waals surface area contributed by atoms with Crippen molar-refractivity contribution in [3.05, 3.63) is 65.7 Å². The summed E-state index contributed by atoms with van der Waals surface area (Å²) in [6.07, 6.45) is 2.75. The molecule has 0 saturated carbocycles. The minimum Gasteiger partial charge on any atom is -0.489 e. The molecule has 0 spiro atoms. The van der Waals surface area contributed by atoms with Gasteiger partial charge in [-0.1, -0.05) is 56.3 Å². The predicted octanol–water partition coefficient (Wildman–Crippen LogP) is 4.82. The van der Waals surface area contributed by atoms with Crippen molar-refractivity contribution >= 4 is 11.9 Å². The lowest BCUT2D eigenvalue weighted by molar-refractivity contribution is -0.158. The summed E-state index contributed by atoms with van der Waals surface area (Å²) in [6, 6.07) is 16.6. The molecule has 1 fully saturated rings. The zero-order valence-electron chi connectivity index (χ0n) is 23.5. The number of nitrogens with one attached hydrogen (secondary N) is 2. The zero-order chi connectivity index (χ0) is 27.5. The maximum atomic E-state index is 13.5. The van der Waals surface area contributed by atoms with Crippen LogP contribution in [0.5, 0.6) is 5.75 Å². The normalized spacial score (nSPS) is 16.1. The van der Waals surface area contributed by atoms with E-state index in [4.69, 9.17) is 14.2 Å². The smallest absolute Gasteiger partial charge is 0.329 e. The minimum absolute atomic E-state index is 0.177. The molecule has 7 heteroatoms. The highest BCUT2D eigenvalue weighted by atomic mass is 16.6. The van der Waals surface area contributed by atoms with Crippen LogP contribution in [0, 0.1) is 5.92 Å². The molecule has 1 saturated heterocycles. The topological polar surface area (TPSA) is 85.9 Å². The number of esters is 1. The van der Waals surface area contributed by atoms with Crippen LogP contribution in [0.4, 0.5) is 0 Å². The van der Waals surface area contributed by atoms with Gasteiger partial charge in [0, 0.05) is 25.7 Å². The second-order valence-corrected chi connectivity index (χ2v) is 11.5. The summed E-state index contributed by atoms with van der Waals surface area (Å²) in [5.41, 5.74) is 1.34. The molecule has 0 aliphatic carbocycles. The van der Waals surface area contributed by atoms with Crippen LogP contribution in [-0.2, 0) is 32.1 Å². The lowest BCUT2D eigenvalue weighted by Gasteiger charge is -2.30. The first-order chi connectivity index (χ1) is 18.1. The molecule has 0 unspecified atom stereocenters. The minimum atomic E-state index is -0.802. The second kappa shape index (κ2) is 14.3. The van der Waals surface area contributed by atoms with Crippen molar-refractivity contribution in [3.8, 4) is 5.75 Å². The third-order valence-corrected chi connectivity index (χ3v) is 6.30. The van der Waals surface area contributed by atoms with Crippen LogP contribution in [0.1, 0.15) is 65.0 Å². The van der Waals surface area contributed by atoms with Gasteiger partial charge in [-0.05, 0) is 69.2 Å². The van der Waals surface area contributed by atoms with E-state index in [0.29, 0.717) is 38.6 Å². The van der Waals surface area contributed by atoms with Crippen molar-refractivity contribution in [3.63, 3.8) is 0 Å². The average Bonchev–Trinajstić information content (AvgIpc) is 2.87. The van der Waals surface area contributed by atoms with Crippen molar-refractivity contribution in [2.75, 3.05) is 13.2 Å². The fourth-order valence-electron chi connectivity index (χ4n) is 4.41. The predicted molar refractivity (Wildman–Crippen MR) is 149 cm³/mol. The summed E-state index contributed by atoms with van der Waals surface area (Å²) in [4.78, 5) is 26.6. The quantitative estimate of drug-likeness (QED) is 0.387. The molecule has 3 rings (SSSR count). The van der Waals surface area contributed by atoms with Crippen molar-refractivity contribution in [1.29, 1.82) is 0 Å². The first kappa shape index (κ1) is 29.7. The van der Waals surface area contributed by atoms with Gasteiger partial charge < -0.3 is 24.8 Å². The first-order valence-electron chi connectivity index (χ1n) is 13.7. The summed E-state index contributed by atoms with van der Waals surface area (Å²) in [7, 11) is 0. The summed E-state index contributed by atoms with van der Waals surface area (Å²) in [6.45, 7) is 11.6. The van der Waals surface area contributed by atoms with Crippen molar-refractivity contribution in [2.45, 2.75) is 90.6 Å². The van der Waals surface area contributed by atoms with Gasteiger partial charge in [0.1, 0.15) is 24.0 Å². The van der Waals surface area contributed by atoms with Crippen molar-refractivity contribution in [1.82, 2.24) is 10.6 Å². The maximum Gasteiger partial charge on any atom is 0.329 e. The van der Waals surface area contributed by atoms with E-state index in [1.54, 1.807) is 0 Å². The number of amides is 1. The Morgan fingerprint density at radius 3 is 2.21 bits per heavy atom. The Balaban J connectivity index is 1.68. The Morgan fingerprint density at radius 1 is 0.947 bits per heavy atom. The molecule has 2 N–H and O–H groups in total. The van der Waals surface area contributed by atoms with Gasteiger partial charge in [0.05, 0.1) is 6.04 Å². The molecule has 1 aliphatic heterocycles. The Bertz CT molecular complexity index is 995. The Morgan fingerprint density at radius 2 is 1.61 bits per heavy atom. The standard InChI is InChI=1S/C31H44N2O5/c1-22(2)19-27(32-25-15-17-36-18-16-25)29(34)33-28(30(35)38-31(3,4)5)20-23-11-13-26(14-12-23)37-21-24-9-7-6-8-10-24/h6-14,22,25,27-28,32H,15-21H2,1-5H3,(H,33,34)/t27-,28+/m0/s1. The van der Waals surface area contributed by atoms with E-state index in [-0.39, 0.29) is 11.9 Å². The van der Waals surface area contributed by atoms with E-state index in [9.17, 15) is 9.59 Å². The van der Waals surface area contributed by atoms with Gasteiger partial charge in [0.15, 0.2) is 0 Å². The number of hydrogen-bond donors (Lipinski definition) is 2. The fourth-order valence-corrected chi connectivity index (χ4v) is 4.41. The monoisotopic (exact) mass is 524 g/mol. The maximum absolute atomic E-state index is 13.5. The number of benzene rings is 2. The molecule has 2 aromatic carbocycles. The molecular formula is C31H44N2O5. The van der Waals surface area contributed by atoms with Crippen LogP contribution in [0.15, 0.2) is 54.6 Å². The SMILES string of the molecule is CC(C)C[C@H](NC1CCOCC1)C(=O)N[C@H](Cc1ccc(OCc2ccccc2)cc1)C(=O)OC(C)(C)C. The van der Waals surface area contributed by atoms with Crippen LogP contribution in [0.3, 0.4) is 0 Å². The third-order valence-electron chi connectivity index (χ3n) is 6.30. The molecule has 0 radical (unpaired) electrons. The molecule has 2 atom stereocenters. The summed E-state index contributed by atoms with van der Waals surface area (Å²) >= 11 is 0. The summed E-state index contributed by atoms with van der Waals surface area (Å²) in [5.74, 6) is 0.447. The summed E-state index contributed by atoms with van der Waals surface area (Å²) in [5, 5.41) is 6.52. The van der Waals surface area contributed by atoms with E-state index in [1.807, 2.05) is 75.4 Å². The highest BCUT2D eigenvalue weighted by Crippen LogP contribution is 2.18. The number of rotatable bonds is 12. The average molecular weight is 525 g/mol. The lowest BCUT2D eigenvalue weighted by atomic mass is 9.99. The van der Waals surface area contributed by atoms with Gasteiger partial charge >= 0.3 is 5.97 Å². The first-order valence-corrected chi connectivity index (χ1v) is 13.7. The molecule has 0 aromatic heterocycles. The summed E-state index contributed by atoms with van der Waals surface area (Å²) < 4.78 is 17.0. The highest BCUT2D eigenvalue weighted by Gasteiger charge is 2.31. The molecule has 7 nitrogen and oxygen atoms in total. The van der Waals surface area contributed by atoms with Crippen molar-refractivity contribution < 1.29 is 23.8 Å². The van der Waals surface area contributed by atoms with Gasteiger partial charge in [0.2, 0.25) is 5.91 Å². The van der Waals surface area contributed by atoms with Gasteiger partial charge in [-0.25, -0.2) is 4.79 Å². The van der Waals surface area contributed by atoms with Crippen LogP contribution >= 0.6 is 0 Å². The van der Waals surface area contributed by atoms with E-state index < -0.39 is 23.7 Å². The van der Waals surface area contributed by atoms with Crippen LogP contribution < -0.4 is 15.4 Å². The highest BCUT2D eigenvalue weighted by molar-refractivity contribution is 5.88. The van der Waals surface area contributed by atoms with Crippen LogP contribution in [0.25, 0.3) is 0 Å². The zero-order valence-corrected chi connectivity index (χ0v) is 23.5. The van der Waals surface area contributed by atoms with Crippen LogP contribution in [-0.4, -0.2) is 48.8 Å². The molecule has 1 aliphatic rings. The third kappa shape index (κ3) is 10.5. The molecule has 38 heavy (non-hydrogen) atoms. The van der Waals surface area contributed by atoms with E-state index >= 15 is 0 Å². The van der Waals surface area contributed by atoms with Gasteiger partial charge in [-0.2, -0.15) is 0 Å². The van der Waals surface area contributed by atoms with Crippen molar-refractivity contribution in [2.24, 2.45) is 5.92 Å². The molecule has 2 aromatic rings. The van der Waals surface area contributed by atoms with Crippen LogP contribution in [0.2, 0.25) is 0 Å². The Kier molecular flexibility index (Phi) is 11.2. The number of carbonyl (C=O) groups excluding carboxylic acids is 2. The largest absolute Gasteiger partial charge is 0.489 e. The van der Waals surface area contributed by atoms with Gasteiger partial charge in [-0.15, -0.1) is 0 Å². The number of carbonyl (C=O) groups is 2. The number of ether oxygens (including phenoxy) is 3. The number of hydrogen-bond acceptors (Lipinski definition) is 6. The van der Waals surface area contributed by atoms with E-state index in [1.165, 1.54) is 0 Å². The van der Waals surface area contributed by atoms with Gasteiger partial charge in [0.25, 0.3) is 0 Å². The van der Waals surface area contributed by atoms with Gasteiger partial charge in [-0.3, -0.25) is 4.79 Å². The Hall–Kier alpha value is -2.90.